The van der Waals surface area contributed by atoms with Gasteiger partial charge < -0.3 is 5.32 Å². The molecule has 0 aliphatic carbocycles. The van der Waals surface area contributed by atoms with Gasteiger partial charge in [-0.15, -0.1) is 11.6 Å². The molecule has 0 aliphatic heterocycles. The van der Waals surface area contributed by atoms with E-state index in [0.29, 0.717) is 11.3 Å². The topological polar surface area (TPSA) is 46.2 Å². The van der Waals surface area contributed by atoms with E-state index in [2.05, 4.69) is 5.32 Å². The van der Waals surface area contributed by atoms with E-state index in [4.69, 9.17) is 23.2 Å². The molecule has 0 saturated carbocycles. The van der Waals surface area contributed by atoms with E-state index < -0.39 is 5.24 Å². The van der Waals surface area contributed by atoms with Crippen LogP contribution in [0.4, 0.5) is 5.69 Å². The van der Waals surface area contributed by atoms with E-state index in [0.717, 1.165) is 5.56 Å². The van der Waals surface area contributed by atoms with Crippen molar-refractivity contribution < 1.29 is 9.59 Å². The molecule has 0 heterocycles. The first-order chi connectivity index (χ1) is 7.04. The summed E-state index contributed by atoms with van der Waals surface area (Å²) >= 11 is 10.7. The molecular weight excluding hydrogens is 237 g/mol. The fraction of sp³-hybridized carbons (Fsp3) is 0.200. The quantitative estimate of drug-likeness (QED) is 0.658. The van der Waals surface area contributed by atoms with Crippen LogP contribution in [-0.4, -0.2) is 17.0 Å². The van der Waals surface area contributed by atoms with Gasteiger partial charge in [0, 0.05) is 11.3 Å². The third kappa shape index (κ3) is 3.22. The Morgan fingerprint density at radius 1 is 1.40 bits per heavy atom. The molecular formula is C10H9Cl2NO2. The highest BCUT2D eigenvalue weighted by atomic mass is 35.5. The van der Waals surface area contributed by atoms with Gasteiger partial charge in [0.05, 0.1) is 0 Å². The van der Waals surface area contributed by atoms with Crippen LogP contribution in [-0.2, 0) is 4.79 Å². The van der Waals surface area contributed by atoms with Crippen molar-refractivity contribution in [2.24, 2.45) is 0 Å². The monoisotopic (exact) mass is 245 g/mol. The van der Waals surface area contributed by atoms with Crippen molar-refractivity contribution in [1.29, 1.82) is 0 Å². The lowest BCUT2D eigenvalue weighted by molar-refractivity contribution is -0.113. The summed E-state index contributed by atoms with van der Waals surface area (Å²) in [7, 11) is 0. The fourth-order valence-electron chi connectivity index (χ4n) is 1.11. The number of aryl methyl sites for hydroxylation is 1. The van der Waals surface area contributed by atoms with E-state index in [-0.39, 0.29) is 11.8 Å². The number of nitrogens with one attached hydrogen (secondary N) is 1. The molecule has 0 aliphatic rings. The molecule has 0 fully saturated rings. The fourth-order valence-corrected chi connectivity index (χ4v) is 1.29. The highest BCUT2D eigenvalue weighted by Gasteiger charge is 2.06. The number of hydrogen-bond donors (Lipinski definition) is 1. The Hall–Kier alpha value is -1.06. The van der Waals surface area contributed by atoms with E-state index in [9.17, 15) is 9.59 Å². The number of carbonyl (C=O) groups excluding carboxylic acids is 2. The summed E-state index contributed by atoms with van der Waals surface area (Å²) in [5.74, 6) is -0.389. The molecule has 3 nitrogen and oxygen atoms in total. The van der Waals surface area contributed by atoms with Crippen LogP contribution in [0.2, 0.25) is 0 Å². The molecule has 0 bridgehead atoms. The van der Waals surface area contributed by atoms with Crippen molar-refractivity contribution in [2.75, 3.05) is 11.2 Å². The summed E-state index contributed by atoms with van der Waals surface area (Å²) in [5.41, 5.74) is 1.79. The van der Waals surface area contributed by atoms with Gasteiger partial charge in [-0.2, -0.15) is 0 Å². The molecule has 0 spiro atoms. The van der Waals surface area contributed by atoms with Crippen molar-refractivity contribution in [3.63, 3.8) is 0 Å². The van der Waals surface area contributed by atoms with E-state index in [1.165, 1.54) is 0 Å². The van der Waals surface area contributed by atoms with Gasteiger partial charge in [0.25, 0.3) is 5.24 Å². The van der Waals surface area contributed by atoms with Gasteiger partial charge in [-0.05, 0) is 42.3 Å². The minimum Gasteiger partial charge on any atom is -0.325 e. The van der Waals surface area contributed by atoms with Crippen LogP contribution in [0.1, 0.15) is 15.9 Å². The third-order valence-corrected chi connectivity index (χ3v) is 2.31. The summed E-state index contributed by atoms with van der Waals surface area (Å²) in [5, 5.41) is 2.08. The number of carbonyl (C=O) groups is 2. The minimum absolute atomic E-state index is 0.102. The Kier molecular flexibility index (Phi) is 4.12. The lowest BCUT2D eigenvalue weighted by Crippen LogP contribution is -2.13. The smallest absolute Gasteiger partial charge is 0.252 e. The van der Waals surface area contributed by atoms with Crippen LogP contribution in [0, 0.1) is 6.92 Å². The first kappa shape index (κ1) is 12.0. The molecule has 1 rings (SSSR count). The number of amides is 1. The van der Waals surface area contributed by atoms with E-state index >= 15 is 0 Å². The van der Waals surface area contributed by atoms with Crippen LogP contribution in [0.25, 0.3) is 0 Å². The maximum atomic E-state index is 11.0. The van der Waals surface area contributed by atoms with Gasteiger partial charge >= 0.3 is 0 Å². The largest absolute Gasteiger partial charge is 0.325 e. The summed E-state index contributed by atoms with van der Waals surface area (Å²) in [6.45, 7) is 1.77. The molecule has 0 unspecified atom stereocenters. The average molecular weight is 246 g/mol. The Labute approximate surface area is 97.4 Å². The second kappa shape index (κ2) is 5.14. The van der Waals surface area contributed by atoms with E-state index in [1.807, 2.05) is 0 Å². The first-order valence-corrected chi connectivity index (χ1v) is 5.12. The van der Waals surface area contributed by atoms with Crippen LogP contribution in [0.3, 0.4) is 0 Å². The van der Waals surface area contributed by atoms with Gasteiger partial charge in [0.15, 0.2) is 0 Å². The van der Waals surface area contributed by atoms with Crippen molar-refractivity contribution in [3.8, 4) is 0 Å². The summed E-state index contributed by atoms with van der Waals surface area (Å²) in [4.78, 5) is 21.9. The van der Waals surface area contributed by atoms with Crippen molar-refractivity contribution in [3.05, 3.63) is 29.3 Å². The Bertz CT molecular complexity index is 404. The molecule has 1 aromatic carbocycles. The molecule has 0 radical (unpaired) electrons. The minimum atomic E-state index is -0.520. The Balaban J connectivity index is 2.93. The van der Waals surface area contributed by atoms with Gasteiger partial charge in [0.2, 0.25) is 5.91 Å². The molecule has 1 N–H and O–H groups in total. The van der Waals surface area contributed by atoms with Crippen LogP contribution < -0.4 is 5.32 Å². The van der Waals surface area contributed by atoms with Gasteiger partial charge in [-0.3, -0.25) is 9.59 Å². The number of anilines is 1. The molecule has 0 saturated heterocycles. The summed E-state index contributed by atoms with van der Waals surface area (Å²) in [6.07, 6.45) is 0. The van der Waals surface area contributed by atoms with Crippen molar-refractivity contribution in [1.82, 2.24) is 0 Å². The van der Waals surface area contributed by atoms with Crippen molar-refractivity contribution >= 4 is 40.0 Å². The molecule has 80 valence electrons. The number of rotatable bonds is 3. The van der Waals surface area contributed by atoms with Crippen LogP contribution >= 0.6 is 23.2 Å². The maximum Gasteiger partial charge on any atom is 0.252 e. The zero-order valence-electron chi connectivity index (χ0n) is 8.01. The first-order valence-electron chi connectivity index (χ1n) is 4.21. The standard InChI is InChI=1S/C10H9Cl2NO2/c1-6-4-7(10(12)15)2-3-8(6)13-9(14)5-11/h2-4H,5H2,1H3,(H,13,14). The van der Waals surface area contributed by atoms with Crippen LogP contribution in [0.15, 0.2) is 18.2 Å². The second-order valence-corrected chi connectivity index (χ2v) is 3.60. The average Bonchev–Trinajstić information content (AvgIpc) is 2.20. The Morgan fingerprint density at radius 3 is 2.53 bits per heavy atom. The highest BCUT2D eigenvalue weighted by Crippen LogP contribution is 2.17. The van der Waals surface area contributed by atoms with Crippen molar-refractivity contribution in [2.45, 2.75) is 6.92 Å². The summed E-state index contributed by atoms with van der Waals surface area (Å²) in [6, 6.07) is 4.78. The molecule has 1 amide bonds. The second-order valence-electron chi connectivity index (χ2n) is 2.99. The highest BCUT2D eigenvalue weighted by molar-refractivity contribution is 6.67. The zero-order valence-corrected chi connectivity index (χ0v) is 9.52. The number of hydrogen-bond acceptors (Lipinski definition) is 2. The maximum absolute atomic E-state index is 11.0. The predicted octanol–water partition coefficient (Wildman–Crippen LogP) is 2.55. The SMILES string of the molecule is Cc1cc(C(=O)Cl)ccc1NC(=O)CCl. The molecule has 0 aromatic heterocycles. The van der Waals surface area contributed by atoms with Gasteiger partial charge in [-0.1, -0.05) is 0 Å². The Morgan fingerprint density at radius 2 is 2.07 bits per heavy atom. The molecule has 15 heavy (non-hydrogen) atoms. The molecule has 1 aromatic rings. The lowest BCUT2D eigenvalue weighted by Gasteiger charge is -2.07. The lowest BCUT2D eigenvalue weighted by atomic mass is 10.1. The number of alkyl halides is 1. The van der Waals surface area contributed by atoms with Crippen LogP contribution in [0.5, 0.6) is 0 Å². The third-order valence-electron chi connectivity index (χ3n) is 1.85. The molecule has 0 atom stereocenters. The van der Waals surface area contributed by atoms with Gasteiger partial charge in [-0.25, -0.2) is 0 Å². The predicted molar refractivity (Wildman–Crippen MR) is 60.7 cm³/mol. The normalized spacial score (nSPS) is 9.80. The number of benzene rings is 1. The molecule has 5 heteroatoms. The number of halogens is 2. The summed E-state index contributed by atoms with van der Waals surface area (Å²) < 4.78 is 0. The zero-order chi connectivity index (χ0) is 11.4. The van der Waals surface area contributed by atoms with Gasteiger partial charge in [0.1, 0.15) is 5.88 Å². The van der Waals surface area contributed by atoms with E-state index in [1.54, 1.807) is 25.1 Å².